The molecule has 1 aliphatic heterocycles. The standard InChI is InChI=1S/C22H30O7/c1-5-19-14-16(4)28-22(29-19)18-8-6-17(7-9-18)21(24)27-13-11-25-10-12-26-20(23)15(2)3/h6-9,16,19,22H,2,5,10-14H2,1,3-4H3. The average molecular weight is 406 g/mol. The smallest absolute Gasteiger partial charge is 0.338 e. The lowest BCUT2D eigenvalue weighted by Crippen LogP contribution is -2.31. The molecule has 0 N–H and O–H groups in total. The maximum atomic E-state index is 12.1. The van der Waals surface area contributed by atoms with E-state index in [1.807, 2.05) is 19.1 Å². The average Bonchev–Trinajstić information content (AvgIpc) is 2.72. The highest BCUT2D eigenvalue weighted by Gasteiger charge is 2.27. The van der Waals surface area contributed by atoms with Gasteiger partial charge in [0.25, 0.3) is 0 Å². The second kappa shape index (κ2) is 11.7. The van der Waals surface area contributed by atoms with E-state index in [-0.39, 0.29) is 38.6 Å². The Hall–Kier alpha value is -2.22. The molecule has 3 unspecified atom stereocenters. The van der Waals surface area contributed by atoms with Crippen LogP contribution in [0.1, 0.15) is 55.8 Å². The molecule has 0 bridgehead atoms. The van der Waals surface area contributed by atoms with E-state index in [4.69, 9.17) is 23.7 Å². The second-order valence-corrected chi connectivity index (χ2v) is 6.97. The SMILES string of the molecule is C=C(C)C(=O)OCCOCCOC(=O)c1ccc(C2OC(C)CC(CC)O2)cc1. The monoisotopic (exact) mass is 406 g/mol. The van der Waals surface area contributed by atoms with Crippen molar-refractivity contribution in [2.45, 2.75) is 52.1 Å². The fourth-order valence-corrected chi connectivity index (χ4v) is 2.79. The summed E-state index contributed by atoms with van der Waals surface area (Å²) in [6.07, 6.45) is 1.72. The maximum absolute atomic E-state index is 12.1. The third-order valence-electron chi connectivity index (χ3n) is 4.41. The first kappa shape index (κ1) is 23.1. The quantitative estimate of drug-likeness (QED) is 0.334. The lowest BCUT2D eigenvalue weighted by molar-refractivity contribution is -0.243. The molecule has 1 aromatic carbocycles. The van der Waals surface area contributed by atoms with Crippen molar-refractivity contribution in [2.75, 3.05) is 26.4 Å². The van der Waals surface area contributed by atoms with Gasteiger partial charge in [0, 0.05) is 11.1 Å². The van der Waals surface area contributed by atoms with Gasteiger partial charge >= 0.3 is 11.9 Å². The fourth-order valence-electron chi connectivity index (χ4n) is 2.79. The van der Waals surface area contributed by atoms with Crippen molar-refractivity contribution in [3.05, 3.63) is 47.5 Å². The van der Waals surface area contributed by atoms with Crippen LogP contribution in [0.3, 0.4) is 0 Å². The summed E-state index contributed by atoms with van der Waals surface area (Å²) in [5.41, 5.74) is 1.66. The van der Waals surface area contributed by atoms with Gasteiger partial charge in [-0.3, -0.25) is 0 Å². The summed E-state index contributed by atoms with van der Waals surface area (Å²) >= 11 is 0. The van der Waals surface area contributed by atoms with Gasteiger partial charge in [0.2, 0.25) is 0 Å². The molecule has 0 aromatic heterocycles. The highest BCUT2D eigenvalue weighted by molar-refractivity contribution is 5.89. The number of ether oxygens (including phenoxy) is 5. The zero-order valence-corrected chi connectivity index (χ0v) is 17.3. The van der Waals surface area contributed by atoms with Crippen LogP contribution in [0.5, 0.6) is 0 Å². The molecule has 160 valence electrons. The van der Waals surface area contributed by atoms with Crippen molar-refractivity contribution < 1.29 is 33.3 Å². The molecule has 1 heterocycles. The Bertz CT molecular complexity index is 683. The molecule has 0 amide bonds. The summed E-state index contributed by atoms with van der Waals surface area (Å²) in [6.45, 7) is 9.88. The van der Waals surface area contributed by atoms with Crippen molar-refractivity contribution in [3.8, 4) is 0 Å². The minimum absolute atomic E-state index is 0.111. The first-order valence-electron chi connectivity index (χ1n) is 9.89. The maximum Gasteiger partial charge on any atom is 0.338 e. The molecule has 7 heteroatoms. The van der Waals surface area contributed by atoms with E-state index in [0.717, 1.165) is 18.4 Å². The molecule has 2 rings (SSSR count). The fraction of sp³-hybridized carbons (Fsp3) is 0.545. The van der Waals surface area contributed by atoms with Crippen LogP contribution in [-0.4, -0.2) is 50.6 Å². The highest BCUT2D eigenvalue weighted by atomic mass is 16.7. The second-order valence-electron chi connectivity index (χ2n) is 6.97. The number of carbonyl (C=O) groups is 2. The number of esters is 2. The Morgan fingerprint density at radius 2 is 1.72 bits per heavy atom. The van der Waals surface area contributed by atoms with Crippen LogP contribution in [0.2, 0.25) is 0 Å². The van der Waals surface area contributed by atoms with E-state index in [1.54, 1.807) is 19.1 Å². The normalized spacial score (nSPS) is 21.4. The minimum atomic E-state index is -0.452. The van der Waals surface area contributed by atoms with E-state index in [2.05, 4.69) is 13.5 Å². The van der Waals surface area contributed by atoms with Crippen LogP contribution < -0.4 is 0 Å². The van der Waals surface area contributed by atoms with Gasteiger partial charge in [-0.1, -0.05) is 25.6 Å². The van der Waals surface area contributed by atoms with Crippen LogP contribution in [0.15, 0.2) is 36.4 Å². The van der Waals surface area contributed by atoms with Crippen LogP contribution in [0, 0.1) is 0 Å². The molecule has 1 aliphatic rings. The zero-order chi connectivity index (χ0) is 21.2. The number of hydrogen-bond acceptors (Lipinski definition) is 7. The lowest BCUT2D eigenvalue weighted by Gasteiger charge is -2.34. The van der Waals surface area contributed by atoms with Gasteiger partial charge in [0.1, 0.15) is 13.2 Å². The van der Waals surface area contributed by atoms with Gasteiger partial charge in [0.05, 0.1) is 31.0 Å². The van der Waals surface area contributed by atoms with Gasteiger partial charge in [0.15, 0.2) is 6.29 Å². The zero-order valence-electron chi connectivity index (χ0n) is 17.3. The molecule has 0 radical (unpaired) electrons. The van der Waals surface area contributed by atoms with Gasteiger partial charge in [-0.25, -0.2) is 9.59 Å². The molecular formula is C22H30O7. The Morgan fingerprint density at radius 3 is 2.34 bits per heavy atom. The van der Waals surface area contributed by atoms with Crippen LogP contribution in [-0.2, 0) is 28.5 Å². The molecule has 1 saturated heterocycles. The third kappa shape index (κ3) is 7.61. The van der Waals surface area contributed by atoms with E-state index in [0.29, 0.717) is 11.1 Å². The van der Waals surface area contributed by atoms with Gasteiger partial charge in [-0.2, -0.15) is 0 Å². The molecule has 0 spiro atoms. The van der Waals surface area contributed by atoms with E-state index in [9.17, 15) is 9.59 Å². The summed E-state index contributed by atoms with van der Waals surface area (Å²) < 4.78 is 27.1. The Balaban J connectivity index is 1.69. The lowest BCUT2D eigenvalue weighted by atomic mass is 10.1. The predicted molar refractivity (Wildman–Crippen MR) is 106 cm³/mol. The van der Waals surface area contributed by atoms with E-state index < -0.39 is 18.2 Å². The van der Waals surface area contributed by atoms with Crippen molar-refractivity contribution in [1.82, 2.24) is 0 Å². The summed E-state index contributed by atoms with van der Waals surface area (Å²) in [6, 6.07) is 7.03. The summed E-state index contributed by atoms with van der Waals surface area (Å²) in [5, 5.41) is 0. The van der Waals surface area contributed by atoms with E-state index in [1.165, 1.54) is 0 Å². The number of rotatable bonds is 10. The molecule has 0 saturated carbocycles. The number of carbonyl (C=O) groups excluding carboxylic acids is 2. The van der Waals surface area contributed by atoms with Gasteiger partial charge < -0.3 is 23.7 Å². The molecule has 3 atom stereocenters. The summed E-state index contributed by atoms with van der Waals surface area (Å²) in [4.78, 5) is 23.3. The van der Waals surface area contributed by atoms with Crippen LogP contribution in [0.4, 0.5) is 0 Å². The first-order chi connectivity index (χ1) is 13.9. The minimum Gasteiger partial charge on any atom is -0.460 e. The molecule has 1 fully saturated rings. The molecule has 0 aliphatic carbocycles. The Labute approximate surface area is 171 Å². The largest absolute Gasteiger partial charge is 0.460 e. The molecule has 1 aromatic rings. The Kier molecular flexibility index (Phi) is 9.31. The number of benzene rings is 1. The summed E-state index contributed by atoms with van der Waals surface area (Å²) in [7, 11) is 0. The molecular weight excluding hydrogens is 376 g/mol. The number of hydrogen-bond donors (Lipinski definition) is 0. The molecule has 7 nitrogen and oxygen atoms in total. The topological polar surface area (TPSA) is 80.3 Å². The van der Waals surface area contributed by atoms with Crippen LogP contribution in [0.25, 0.3) is 0 Å². The van der Waals surface area contributed by atoms with Crippen molar-refractivity contribution in [3.63, 3.8) is 0 Å². The van der Waals surface area contributed by atoms with E-state index >= 15 is 0 Å². The first-order valence-corrected chi connectivity index (χ1v) is 9.89. The third-order valence-corrected chi connectivity index (χ3v) is 4.41. The van der Waals surface area contributed by atoms with Crippen LogP contribution >= 0.6 is 0 Å². The van der Waals surface area contributed by atoms with Gasteiger partial charge in [-0.05, 0) is 38.8 Å². The Morgan fingerprint density at radius 1 is 1.07 bits per heavy atom. The van der Waals surface area contributed by atoms with Crippen molar-refractivity contribution >= 4 is 11.9 Å². The van der Waals surface area contributed by atoms with Crippen molar-refractivity contribution in [2.24, 2.45) is 0 Å². The van der Waals surface area contributed by atoms with Gasteiger partial charge in [-0.15, -0.1) is 0 Å². The predicted octanol–water partition coefficient (Wildman–Crippen LogP) is 3.58. The molecule has 29 heavy (non-hydrogen) atoms. The summed E-state index contributed by atoms with van der Waals surface area (Å²) in [5.74, 6) is -0.883. The highest BCUT2D eigenvalue weighted by Crippen LogP contribution is 2.31. The van der Waals surface area contributed by atoms with Crippen molar-refractivity contribution in [1.29, 1.82) is 0 Å².